The average Bonchev–Trinajstić information content (AvgIpc) is 2.76. The molecule has 108 valence electrons. The Morgan fingerprint density at radius 1 is 1.25 bits per heavy atom. The van der Waals surface area contributed by atoms with E-state index in [9.17, 15) is 4.39 Å². The molecule has 1 aromatic rings. The third-order valence-corrected chi connectivity index (χ3v) is 4.99. The summed E-state index contributed by atoms with van der Waals surface area (Å²) in [5.74, 6) is 1.59. The van der Waals surface area contributed by atoms with Crippen LogP contribution in [0.3, 0.4) is 0 Å². The van der Waals surface area contributed by atoms with E-state index in [4.69, 9.17) is 5.41 Å². The largest absolute Gasteiger partial charge is 0.349 e. The molecule has 0 radical (unpaired) electrons. The summed E-state index contributed by atoms with van der Waals surface area (Å²) in [6, 6.07) is 5.32. The number of hydrogen-bond acceptors (Lipinski definition) is 1. The highest BCUT2D eigenvalue weighted by molar-refractivity contribution is 6.00. The Hall–Kier alpha value is -1.38. The molecular weight excluding hydrogens is 251 g/mol. The van der Waals surface area contributed by atoms with Crippen LogP contribution in [-0.2, 0) is 6.54 Å². The van der Waals surface area contributed by atoms with E-state index in [1.807, 2.05) is 6.07 Å². The van der Waals surface area contributed by atoms with Crippen LogP contribution in [0.1, 0.15) is 50.7 Å². The molecule has 1 saturated carbocycles. The maximum absolute atomic E-state index is 13.4. The van der Waals surface area contributed by atoms with Gasteiger partial charge in [0, 0.05) is 18.2 Å². The molecule has 0 aromatic heterocycles. The van der Waals surface area contributed by atoms with Gasteiger partial charge in [-0.15, -0.1) is 0 Å². The highest BCUT2D eigenvalue weighted by atomic mass is 19.1. The monoisotopic (exact) mass is 274 g/mol. The van der Waals surface area contributed by atoms with Gasteiger partial charge in [0.05, 0.1) is 0 Å². The molecule has 0 saturated heterocycles. The SMILES string of the molecule is CC(C)C1CCCCC1N1Cc2ccc(F)cc2C1=N. The van der Waals surface area contributed by atoms with Crippen LogP contribution in [-0.4, -0.2) is 16.8 Å². The van der Waals surface area contributed by atoms with E-state index in [0.717, 1.165) is 17.7 Å². The van der Waals surface area contributed by atoms with Crippen LogP contribution >= 0.6 is 0 Å². The number of halogens is 1. The van der Waals surface area contributed by atoms with Gasteiger partial charge in [0.25, 0.3) is 0 Å². The molecule has 1 N–H and O–H groups in total. The normalized spacial score (nSPS) is 26.2. The molecule has 1 heterocycles. The molecule has 1 aliphatic heterocycles. The van der Waals surface area contributed by atoms with Gasteiger partial charge in [-0.2, -0.15) is 0 Å². The molecule has 3 rings (SSSR count). The number of hydrogen-bond donors (Lipinski definition) is 1. The zero-order valence-corrected chi connectivity index (χ0v) is 12.3. The van der Waals surface area contributed by atoms with Crippen molar-refractivity contribution in [3.63, 3.8) is 0 Å². The van der Waals surface area contributed by atoms with Crippen LogP contribution in [0.5, 0.6) is 0 Å². The van der Waals surface area contributed by atoms with E-state index < -0.39 is 0 Å². The molecule has 2 atom stereocenters. The second-order valence-corrected chi connectivity index (χ2v) is 6.54. The molecule has 0 amide bonds. The second kappa shape index (κ2) is 5.19. The number of benzene rings is 1. The number of nitrogens with one attached hydrogen (secondary N) is 1. The third-order valence-electron chi connectivity index (χ3n) is 4.99. The van der Waals surface area contributed by atoms with Crippen LogP contribution in [0.2, 0.25) is 0 Å². The minimum atomic E-state index is -0.237. The zero-order valence-electron chi connectivity index (χ0n) is 12.3. The predicted octanol–water partition coefficient (Wildman–Crippen LogP) is 4.18. The molecule has 0 spiro atoms. The van der Waals surface area contributed by atoms with E-state index in [2.05, 4.69) is 18.7 Å². The number of amidine groups is 1. The Morgan fingerprint density at radius 3 is 2.75 bits per heavy atom. The number of nitrogens with zero attached hydrogens (tertiary/aromatic N) is 1. The summed E-state index contributed by atoms with van der Waals surface area (Å²) >= 11 is 0. The summed E-state index contributed by atoms with van der Waals surface area (Å²) in [5.41, 5.74) is 1.89. The van der Waals surface area contributed by atoms with Crippen molar-refractivity contribution in [1.82, 2.24) is 4.90 Å². The highest BCUT2D eigenvalue weighted by Gasteiger charge is 2.37. The lowest BCUT2D eigenvalue weighted by atomic mass is 9.77. The Morgan fingerprint density at radius 2 is 2.00 bits per heavy atom. The minimum Gasteiger partial charge on any atom is -0.349 e. The van der Waals surface area contributed by atoms with Gasteiger partial charge in [-0.05, 0) is 42.4 Å². The van der Waals surface area contributed by atoms with Gasteiger partial charge in [0.2, 0.25) is 0 Å². The fourth-order valence-corrected chi connectivity index (χ4v) is 3.91. The van der Waals surface area contributed by atoms with Crippen molar-refractivity contribution in [3.8, 4) is 0 Å². The standard InChI is InChI=1S/C17H23FN2/c1-11(2)14-5-3-4-6-16(14)20-10-12-7-8-13(18)9-15(12)17(20)19/h7-9,11,14,16,19H,3-6,10H2,1-2H3. The quantitative estimate of drug-likeness (QED) is 0.860. The summed E-state index contributed by atoms with van der Waals surface area (Å²) in [4.78, 5) is 2.22. The van der Waals surface area contributed by atoms with Gasteiger partial charge in [0.1, 0.15) is 11.7 Å². The Bertz CT molecular complexity index is 524. The van der Waals surface area contributed by atoms with Gasteiger partial charge < -0.3 is 4.90 Å². The van der Waals surface area contributed by atoms with Gasteiger partial charge in [-0.25, -0.2) is 4.39 Å². The second-order valence-electron chi connectivity index (χ2n) is 6.54. The van der Waals surface area contributed by atoms with Crippen molar-refractivity contribution < 1.29 is 4.39 Å². The molecule has 0 bridgehead atoms. The van der Waals surface area contributed by atoms with Crippen molar-refractivity contribution >= 4 is 5.84 Å². The van der Waals surface area contributed by atoms with Crippen LogP contribution < -0.4 is 0 Å². The lowest BCUT2D eigenvalue weighted by molar-refractivity contribution is 0.131. The fourth-order valence-electron chi connectivity index (χ4n) is 3.91. The third kappa shape index (κ3) is 2.23. The van der Waals surface area contributed by atoms with Crippen molar-refractivity contribution in [1.29, 1.82) is 5.41 Å². The molecule has 1 aromatic carbocycles. The van der Waals surface area contributed by atoms with E-state index in [0.29, 0.717) is 23.7 Å². The molecule has 2 unspecified atom stereocenters. The first-order valence-corrected chi connectivity index (χ1v) is 7.72. The predicted molar refractivity (Wildman–Crippen MR) is 79.4 cm³/mol. The molecule has 1 fully saturated rings. The summed E-state index contributed by atoms with van der Waals surface area (Å²) < 4.78 is 13.4. The smallest absolute Gasteiger partial charge is 0.129 e. The molecular formula is C17H23FN2. The first-order valence-electron chi connectivity index (χ1n) is 7.72. The number of rotatable bonds is 2. The summed E-state index contributed by atoms with van der Waals surface area (Å²) in [6.45, 7) is 5.35. The zero-order chi connectivity index (χ0) is 14.3. The van der Waals surface area contributed by atoms with Gasteiger partial charge in [0.15, 0.2) is 0 Å². The molecule has 2 nitrogen and oxygen atoms in total. The molecule has 3 heteroatoms. The number of fused-ring (bicyclic) bond motifs is 1. The van der Waals surface area contributed by atoms with Gasteiger partial charge in [-0.1, -0.05) is 32.8 Å². The van der Waals surface area contributed by atoms with E-state index in [-0.39, 0.29) is 5.82 Å². The fraction of sp³-hybridized carbons (Fsp3) is 0.588. The lowest BCUT2D eigenvalue weighted by Gasteiger charge is -2.41. The topological polar surface area (TPSA) is 27.1 Å². The molecule has 20 heavy (non-hydrogen) atoms. The van der Waals surface area contributed by atoms with Gasteiger partial charge in [-0.3, -0.25) is 5.41 Å². The van der Waals surface area contributed by atoms with Crippen molar-refractivity contribution in [2.24, 2.45) is 11.8 Å². The van der Waals surface area contributed by atoms with E-state index >= 15 is 0 Å². The Labute approximate surface area is 120 Å². The molecule has 2 aliphatic rings. The first-order chi connectivity index (χ1) is 9.58. The van der Waals surface area contributed by atoms with Crippen molar-refractivity contribution in [3.05, 3.63) is 35.1 Å². The van der Waals surface area contributed by atoms with Crippen LogP contribution in [0.25, 0.3) is 0 Å². The van der Waals surface area contributed by atoms with Crippen LogP contribution in [0.4, 0.5) is 4.39 Å². The minimum absolute atomic E-state index is 0.237. The average molecular weight is 274 g/mol. The highest BCUT2D eigenvalue weighted by Crippen LogP contribution is 2.37. The summed E-state index contributed by atoms with van der Waals surface area (Å²) in [5, 5.41) is 8.41. The Kier molecular flexibility index (Phi) is 3.53. The maximum atomic E-state index is 13.4. The van der Waals surface area contributed by atoms with Crippen LogP contribution in [0, 0.1) is 23.1 Å². The van der Waals surface area contributed by atoms with E-state index in [1.54, 1.807) is 0 Å². The van der Waals surface area contributed by atoms with Crippen LogP contribution in [0.15, 0.2) is 18.2 Å². The van der Waals surface area contributed by atoms with Crippen molar-refractivity contribution in [2.45, 2.75) is 52.1 Å². The lowest BCUT2D eigenvalue weighted by Crippen LogP contribution is -2.44. The summed E-state index contributed by atoms with van der Waals surface area (Å²) in [6.07, 6.45) is 4.99. The molecule has 1 aliphatic carbocycles. The van der Waals surface area contributed by atoms with Gasteiger partial charge >= 0.3 is 0 Å². The maximum Gasteiger partial charge on any atom is 0.129 e. The van der Waals surface area contributed by atoms with E-state index in [1.165, 1.54) is 37.8 Å². The Balaban J connectivity index is 1.87. The van der Waals surface area contributed by atoms with Crippen molar-refractivity contribution in [2.75, 3.05) is 0 Å². The first kappa shape index (κ1) is 13.6. The summed E-state index contributed by atoms with van der Waals surface area (Å²) in [7, 11) is 0.